The number of hydrogen-bond acceptors (Lipinski definition) is 5. The van der Waals surface area contributed by atoms with E-state index in [1.54, 1.807) is 31.3 Å². The summed E-state index contributed by atoms with van der Waals surface area (Å²) in [5.41, 5.74) is 0.394. The summed E-state index contributed by atoms with van der Waals surface area (Å²) in [4.78, 5) is 4.22. The molecule has 2 rings (SSSR count). The summed E-state index contributed by atoms with van der Waals surface area (Å²) in [6, 6.07) is 7.06. The van der Waals surface area contributed by atoms with Crippen molar-refractivity contribution >= 4 is 17.6 Å². The van der Waals surface area contributed by atoms with E-state index in [4.69, 9.17) is 4.74 Å². The van der Waals surface area contributed by atoms with Gasteiger partial charge in [-0.05, 0) is 41.4 Å². The van der Waals surface area contributed by atoms with E-state index in [9.17, 15) is 10.2 Å². The molecule has 20 heavy (non-hydrogen) atoms. The van der Waals surface area contributed by atoms with Crippen LogP contribution >= 0.6 is 11.3 Å². The molecule has 1 aromatic carbocycles. The van der Waals surface area contributed by atoms with E-state index in [1.165, 1.54) is 18.4 Å². The van der Waals surface area contributed by atoms with Gasteiger partial charge in [-0.25, -0.2) is 0 Å². The standard InChI is InChI=1S/C15H17NO3S/c1-15(18,12-6-7-20-9-12)10-16-8-11-4-3-5-13(19-2)14(11)17/h3-9,17-18H,10H2,1-2H3. The Morgan fingerprint density at radius 3 is 2.85 bits per heavy atom. The van der Waals surface area contributed by atoms with Crippen LogP contribution in [0.1, 0.15) is 18.1 Å². The van der Waals surface area contributed by atoms with Crippen molar-refractivity contribution in [3.63, 3.8) is 0 Å². The van der Waals surface area contributed by atoms with Gasteiger partial charge in [0, 0.05) is 11.8 Å². The Bertz CT molecular complexity index is 591. The lowest BCUT2D eigenvalue weighted by Gasteiger charge is -2.19. The molecule has 106 valence electrons. The van der Waals surface area contributed by atoms with E-state index in [0.717, 1.165) is 5.56 Å². The SMILES string of the molecule is COc1cccc(C=NCC(C)(O)c2ccsc2)c1O. The number of nitrogens with zero attached hydrogens (tertiary/aromatic N) is 1. The average Bonchev–Trinajstić information content (AvgIpc) is 2.95. The lowest BCUT2D eigenvalue weighted by Crippen LogP contribution is -2.24. The highest BCUT2D eigenvalue weighted by atomic mass is 32.1. The molecule has 0 radical (unpaired) electrons. The van der Waals surface area contributed by atoms with Gasteiger partial charge >= 0.3 is 0 Å². The van der Waals surface area contributed by atoms with Crippen LogP contribution in [0.4, 0.5) is 0 Å². The Hall–Kier alpha value is -1.85. The monoisotopic (exact) mass is 291 g/mol. The molecule has 4 nitrogen and oxygen atoms in total. The Morgan fingerprint density at radius 2 is 2.20 bits per heavy atom. The first-order chi connectivity index (χ1) is 9.54. The van der Waals surface area contributed by atoms with Gasteiger partial charge in [0.15, 0.2) is 11.5 Å². The van der Waals surface area contributed by atoms with E-state index < -0.39 is 5.60 Å². The smallest absolute Gasteiger partial charge is 0.166 e. The van der Waals surface area contributed by atoms with Crippen molar-refractivity contribution in [3.05, 3.63) is 46.2 Å². The number of aliphatic hydroxyl groups is 1. The van der Waals surface area contributed by atoms with Crippen molar-refractivity contribution in [1.29, 1.82) is 0 Å². The van der Waals surface area contributed by atoms with E-state index in [-0.39, 0.29) is 12.3 Å². The highest BCUT2D eigenvalue weighted by Gasteiger charge is 2.22. The van der Waals surface area contributed by atoms with Gasteiger partial charge in [0.2, 0.25) is 0 Å². The van der Waals surface area contributed by atoms with Gasteiger partial charge < -0.3 is 14.9 Å². The number of aromatic hydroxyl groups is 1. The summed E-state index contributed by atoms with van der Waals surface area (Å²) >= 11 is 1.54. The van der Waals surface area contributed by atoms with Gasteiger partial charge in [0.05, 0.1) is 13.7 Å². The molecular weight excluding hydrogens is 274 g/mol. The fourth-order valence-electron chi connectivity index (χ4n) is 1.79. The number of benzene rings is 1. The number of para-hydroxylation sites is 1. The van der Waals surface area contributed by atoms with Crippen molar-refractivity contribution in [2.45, 2.75) is 12.5 Å². The first-order valence-electron chi connectivity index (χ1n) is 6.15. The molecule has 5 heteroatoms. The fraction of sp³-hybridized carbons (Fsp3) is 0.267. The van der Waals surface area contributed by atoms with E-state index >= 15 is 0 Å². The number of phenolic OH excluding ortho intramolecular Hbond substituents is 1. The Kier molecular flexibility index (Phi) is 4.42. The Balaban J connectivity index is 2.11. The zero-order valence-corrected chi connectivity index (χ0v) is 12.2. The predicted molar refractivity (Wildman–Crippen MR) is 81.0 cm³/mol. The van der Waals surface area contributed by atoms with Gasteiger partial charge in [-0.1, -0.05) is 6.07 Å². The molecule has 0 saturated heterocycles. The summed E-state index contributed by atoms with van der Waals surface area (Å²) in [5.74, 6) is 0.451. The zero-order valence-electron chi connectivity index (χ0n) is 11.4. The van der Waals surface area contributed by atoms with Gasteiger partial charge in [-0.15, -0.1) is 0 Å². The van der Waals surface area contributed by atoms with Crippen LogP contribution in [0, 0.1) is 0 Å². The third-order valence-corrected chi connectivity index (χ3v) is 3.71. The van der Waals surface area contributed by atoms with Crippen molar-refractivity contribution in [3.8, 4) is 11.5 Å². The van der Waals surface area contributed by atoms with Crippen LogP contribution in [0.5, 0.6) is 11.5 Å². The molecule has 1 unspecified atom stereocenters. The molecule has 0 aliphatic heterocycles. The van der Waals surface area contributed by atoms with Crippen LogP contribution in [0.2, 0.25) is 0 Å². The van der Waals surface area contributed by atoms with Crippen LogP contribution < -0.4 is 4.74 Å². The van der Waals surface area contributed by atoms with Crippen molar-refractivity contribution in [2.75, 3.05) is 13.7 Å². The van der Waals surface area contributed by atoms with E-state index in [0.29, 0.717) is 11.3 Å². The van der Waals surface area contributed by atoms with Crippen molar-refractivity contribution < 1.29 is 14.9 Å². The zero-order chi connectivity index (χ0) is 14.6. The Labute approximate surface area is 122 Å². The minimum Gasteiger partial charge on any atom is -0.504 e. The van der Waals surface area contributed by atoms with Crippen LogP contribution in [-0.4, -0.2) is 30.1 Å². The third-order valence-electron chi connectivity index (χ3n) is 3.02. The molecule has 0 amide bonds. The number of aliphatic imine (C=N–C) groups is 1. The van der Waals surface area contributed by atoms with Crippen LogP contribution in [-0.2, 0) is 5.60 Å². The minimum absolute atomic E-state index is 0.0499. The molecule has 0 aliphatic rings. The molecule has 0 bridgehead atoms. The lowest BCUT2D eigenvalue weighted by atomic mass is 10.00. The number of phenols is 1. The topological polar surface area (TPSA) is 62.0 Å². The largest absolute Gasteiger partial charge is 0.504 e. The second kappa shape index (κ2) is 6.07. The molecule has 1 aromatic heterocycles. The summed E-state index contributed by atoms with van der Waals surface area (Å²) in [6.07, 6.45) is 1.54. The van der Waals surface area contributed by atoms with Gasteiger partial charge in [0.1, 0.15) is 5.60 Å². The predicted octanol–water partition coefficient (Wildman–Crippen LogP) is 2.79. The highest BCUT2D eigenvalue weighted by molar-refractivity contribution is 7.08. The summed E-state index contributed by atoms with van der Waals surface area (Å²) in [6.45, 7) is 1.94. The number of methoxy groups -OCH3 is 1. The first kappa shape index (κ1) is 14.6. The van der Waals surface area contributed by atoms with E-state index in [2.05, 4.69) is 4.99 Å². The van der Waals surface area contributed by atoms with Gasteiger partial charge in [-0.2, -0.15) is 11.3 Å². The minimum atomic E-state index is -1.01. The molecule has 2 N–H and O–H groups in total. The first-order valence-corrected chi connectivity index (χ1v) is 7.10. The number of thiophene rings is 1. The van der Waals surface area contributed by atoms with Crippen LogP contribution in [0.15, 0.2) is 40.0 Å². The Morgan fingerprint density at radius 1 is 1.40 bits per heavy atom. The number of rotatable bonds is 5. The normalized spacial score (nSPS) is 14.3. The maximum absolute atomic E-state index is 10.3. The third kappa shape index (κ3) is 3.18. The number of ether oxygens (including phenoxy) is 1. The van der Waals surface area contributed by atoms with E-state index in [1.807, 2.05) is 16.8 Å². The van der Waals surface area contributed by atoms with Gasteiger partial charge in [0.25, 0.3) is 0 Å². The molecule has 1 heterocycles. The summed E-state index contributed by atoms with van der Waals surface area (Å²) in [5, 5.41) is 24.1. The summed E-state index contributed by atoms with van der Waals surface area (Å²) in [7, 11) is 1.50. The molecule has 0 saturated carbocycles. The average molecular weight is 291 g/mol. The molecule has 0 spiro atoms. The molecule has 0 fully saturated rings. The van der Waals surface area contributed by atoms with Crippen LogP contribution in [0.25, 0.3) is 0 Å². The fourth-order valence-corrected chi connectivity index (χ4v) is 2.57. The molecule has 2 aromatic rings. The quantitative estimate of drug-likeness (QED) is 0.833. The lowest BCUT2D eigenvalue weighted by molar-refractivity contribution is 0.0680. The molecule has 0 aliphatic carbocycles. The maximum Gasteiger partial charge on any atom is 0.166 e. The number of hydrogen-bond donors (Lipinski definition) is 2. The van der Waals surface area contributed by atoms with Crippen molar-refractivity contribution in [2.24, 2.45) is 4.99 Å². The second-order valence-electron chi connectivity index (χ2n) is 4.65. The van der Waals surface area contributed by atoms with Crippen LogP contribution in [0.3, 0.4) is 0 Å². The second-order valence-corrected chi connectivity index (χ2v) is 5.43. The maximum atomic E-state index is 10.3. The van der Waals surface area contributed by atoms with Gasteiger partial charge in [-0.3, -0.25) is 4.99 Å². The van der Waals surface area contributed by atoms with Crippen molar-refractivity contribution in [1.82, 2.24) is 0 Å². The summed E-state index contributed by atoms with van der Waals surface area (Å²) < 4.78 is 5.03. The highest BCUT2D eigenvalue weighted by Crippen LogP contribution is 2.28. The molecule has 1 atom stereocenters. The molecular formula is C15H17NO3S.